The highest BCUT2D eigenvalue weighted by Gasteiger charge is 2.65. The van der Waals surface area contributed by atoms with Crippen molar-refractivity contribution in [2.45, 2.75) is 70.4 Å². The molecular weight excluding hydrogens is 304 g/mol. The Morgan fingerprint density at radius 3 is 2.35 bits per heavy atom. The third-order valence-electron chi connectivity index (χ3n) is 6.15. The van der Waals surface area contributed by atoms with Gasteiger partial charge in [0, 0.05) is 5.41 Å². The minimum Gasteiger partial charge on any atom is -0.394 e. The summed E-state index contributed by atoms with van der Waals surface area (Å²) in [7, 11) is 0. The number of ether oxygens (including phenoxy) is 2. The summed E-state index contributed by atoms with van der Waals surface area (Å²) in [5.41, 5.74) is -1.00. The molecule has 3 rings (SSSR count). The maximum atomic E-state index is 12.7. The zero-order valence-corrected chi connectivity index (χ0v) is 13.7. The molecule has 7 nitrogen and oxygen atoms in total. The Bertz CT molecular complexity index is 491. The number of rotatable bonds is 3. The Labute approximate surface area is 135 Å². The van der Waals surface area contributed by atoms with Crippen LogP contribution in [0.3, 0.4) is 0 Å². The topological polar surface area (TPSA) is 116 Å². The molecule has 0 amide bonds. The van der Waals surface area contributed by atoms with Crippen molar-refractivity contribution in [3.05, 3.63) is 0 Å². The van der Waals surface area contributed by atoms with Crippen molar-refractivity contribution in [2.24, 2.45) is 16.7 Å². The van der Waals surface area contributed by atoms with E-state index in [1.54, 1.807) is 0 Å². The standard InChI is InChI=1S/C16H26O7/c1-15(2)7-4-9(16(3,5-7)14(15)21)23-13-12(20)11(19)10(18)8(6-17)22-13/h7-13,17-20H,4-6H2,1-3H3. The van der Waals surface area contributed by atoms with Gasteiger partial charge in [-0.15, -0.1) is 0 Å². The maximum absolute atomic E-state index is 12.7. The molecule has 8 unspecified atom stereocenters. The molecule has 3 aliphatic rings. The van der Waals surface area contributed by atoms with Gasteiger partial charge in [-0.1, -0.05) is 20.8 Å². The molecule has 8 atom stereocenters. The second kappa shape index (κ2) is 5.47. The summed E-state index contributed by atoms with van der Waals surface area (Å²) in [6, 6.07) is 0. The van der Waals surface area contributed by atoms with Crippen LogP contribution < -0.4 is 0 Å². The summed E-state index contributed by atoms with van der Waals surface area (Å²) < 4.78 is 11.2. The molecule has 1 aliphatic heterocycles. The second-order valence-corrected chi connectivity index (χ2v) is 7.93. The summed E-state index contributed by atoms with van der Waals surface area (Å²) in [5.74, 6) is 0.366. The first kappa shape index (κ1) is 17.3. The number of carbonyl (C=O) groups excluding carboxylic acids is 1. The van der Waals surface area contributed by atoms with Crippen LogP contribution in [0.2, 0.25) is 0 Å². The first-order chi connectivity index (χ1) is 10.6. The molecule has 2 aliphatic carbocycles. The molecule has 0 aromatic carbocycles. The maximum Gasteiger partial charge on any atom is 0.187 e. The zero-order chi connectivity index (χ0) is 17.2. The summed E-state index contributed by atoms with van der Waals surface area (Å²) in [6.45, 7) is 5.28. The normalized spacial score (nSPS) is 52.1. The lowest BCUT2D eigenvalue weighted by atomic mass is 9.70. The van der Waals surface area contributed by atoms with E-state index in [4.69, 9.17) is 9.47 Å². The Hall–Kier alpha value is -0.570. The summed E-state index contributed by atoms with van der Waals surface area (Å²) >= 11 is 0. The smallest absolute Gasteiger partial charge is 0.187 e. The predicted octanol–water partition coefficient (Wildman–Crippen LogP) is -0.803. The van der Waals surface area contributed by atoms with E-state index in [0.717, 1.165) is 6.42 Å². The SMILES string of the molecule is CC1(C)C(=O)C2(C)CC1CC2OC1OC(CO)C(O)C(O)C1O. The summed E-state index contributed by atoms with van der Waals surface area (Å²) in [4.78, 5) is 12.7. The predicted molar refractivity (Wildman–Crippen MR) is 78.3 cm³/mol. The highest BCUT2D eigenvalue weighted by Crippen LogP contribution is 2.61. The first-order valence-electron chi connectivity index (χ1n) is 8.13. The molecule has 0 radical (unpaired) electrons. The van der Waals surface area contributed by atoms with E-state index in [1.165, 1.54) is 0 Å². The van der Waals surface area contributed by atoms with Crippen LogP contribution in [-0.4, -0.2) is 69.6 Å². The first-order valence-corrected chi connectivity index (χ1v) is 8.13. The van der Waals surface area contributed by atoms with E-state index < -0.39 is 48.8 Å². The fraction of sp³-hybridized carbons (Fsp3) is 0.938. The average Bonchev–Trinajstić information content (AvgIpc) is 2.92. The molecular formula is C16H26O7. The molecule has 7 heteroatoms. The number of fused-ring (bicyclic) bond motifs is 2. The van der Waals surface area contributed by atoms with Gasteiger partial charge in [-0.05, 0) is 18.8 Å². The average molecular weight is 330 g/mol. The monoisotopic (exact) mass is 330 g/mol. The summed E-state index contributed by atoms with van der Waals surface area (Å²) in [5, 5.41) is 38.9. The minimum atomic E-state index is -1.47. The fourth-order valence-corrected chi connectivity index (χ4v) is 4.50. The highest BCUT2D eigenvalue weighted by molar-refractivity contribution is 5.93. The van der Waals surface area contributed by atoms with Gasteiger partial charge in [0.15, 0.2) is 6.29 Å². The molecule has 2 bridgehead atoms. The molecule has 1 heterocycles. The van der Waals surface area contributed by atoms with Gasteiger partial charge in [0.05, 0.1) is 18.1 Å². The second-order valence-electron chi connectivity index (χ2n) is 7.93. The van der Waals surface area contributed by atoms with Crippen molar-refractivity contribution in [1.29, 1.82) is 0 Å². The van der Waals surface area contributed by atoms with Crippen LogP contribution in [0, 0.1) is 16.7 Å². The van der Waals surface area contributed by atoms with E-state index in [1.807, 2.05) is 20.8 Å². The van der Waals surface area contributed by atoms with Gasteiger partial charge in [-0.3, -0.25) is 4.79 Å². The summed E-state index contributed by atoms with van der Waals surface area (Å²) in [6.07, 6.45) is -5.48. The van der Waals surface area contributed by atoms with E-state index in [-0.39, 0.29) is 17.1 Å². The van der Waals surface area contributed by atoms with Crippen LogP contribution in [-0.2, 0) is 14.3 Å². The van der Waals surface area contributed by atoms with Gasteiger partial charge in [-0.2, -0.15) is 0 Å². The zero-order valence-electron chi connectivity index (χ0n) is 13.7. The molecule has 1 saturated heterocycles. The minimum absolute atomic E-state index is 0.149. The van der Waals surface area contributed by atoms with Crippen molar-refractivity contribution in [2.75, 3.05) is 6.61 Å². The Morgan fingerprint density at radius 2 is 1.83 bits per heavy atom. The number of ketones is 1. The van der Waals surface area contributed by atoms with E-state index in [0.29, 0.717) is 6.42 Å². The largest absolute Gasteiger partial charge is 0.394 e. The Morgan fingerprint density at radius 1 is 1.17 bits per heavy atom. The number of hydrogen-bond acceptors (Lipinski definition) is 7. The number of carbonyl (C=O) groups is 1. The molecule has 23 heavy (non-hydrogen) atoms. The number of aliphatic hydroxyl groups excluding tert-OH is 4. The van der Waals surface area contributed by atoms with Crippen molar-refractivity contribution in [3.8, 4) is 0 Å². The van der Waals surface area contributed by atoms with E-state index in [2.05, 4.69) is 0 Å². The van der Waals surface area contributed by atoms with Crippen molar-refractivity contribution < 1.29 is 34.7 Å². The van der Waals surface area contributed by atoms with Crippen LogP contribution in [0.1, 0.15) is 33.6 Å². The fourth-order valence-electron chi connectivity index (χ4n) is 4.50. The quantitative estimate of drug-likeness (QED) is 0.535. The Balaban J connectivity index is 1.74. The van der Waals surface area contributed by atoms with Crippen LogP contribution >= 0.6 is 0 Å². The van der Waals surface area contributed by atoms with Gasteiger partial charge < -0.3 is 29.9 Å². The number of aliphatic hydroxyl groups is 4. The van der Waals surface area contributed by atoms with Crippen LogP contribution in [0.4, 0.5) is 0 Å². The van der Waals surface area contributed by atoms with Crippen LogP contribution in [0.5, 0.6) is 0 Å². The van der Waals surface area contributed by atoms with Gasteiger partial charge in [0.1, 0.15) is 30.2 Å². The molecule has 4 N–H and O–H groups in total. The van der Waals surface area contributed by atoms with Crippen LogP contribution in [0.15, 0.2) is 0 Å². The third kappa shape index (κ3) is 2.37. The molecule has 0 aromatic rings. The van der Waals surface area contributed by atoms with Crippen molar-refractivity contribution >= 4 is 5.78 Å². The number of Topliss-reactive ketones (excluding diaryl/α,β-unsaturated/α-hetero) is 1. The van der Waals surface area contributed by atoms with Gasteiger partial charge in [0.2, 0.25) is 0 Å². The Kier molecular flexibility index (Phi) is 4.11. The number of hydrogen-bond donors (Lipinski definition) is 4. The van der Waals surface area contributed by atoms with Gasteiger partial charge in [0.25, 0.3) is 0 Å². The van der Waals surface area contributed by atoms with Crippen LogP contribution in [0.25, 0.3) is 0 Å². The van der Waals surface area contributed by atoms with E-state index in [9.17, 15) is 25.2 Å². The lowest BCUT2D eigenvalue weighted by Crippen LogP contribution is -2.60. The third-order valence-corrected chi connectivity index (χ3v) is 6.15. The molecule has 0 aromatic heterocycles. The molecule has 0 spiro atoms. The lowest BCUT2D eigenvalue weighted by molar-refractivity contribution is -0.317. The van der Waals surface area contributed by atoms with Crippen molar-refractivity contribution in [3.63, 3.8) is 0 Å². The molecule has 132 valence electrons. The van der Waals surface area contributed by atoms with Crippen molar-refractivity contribution in [1.82, 2.24) is 0 Å². The molecule has 2 saturated carbocycles. The highest BCUT2D eigenvalue weighted by atomic mass is 16.7. The van der Waals surface area contributed by atoms with Gasteiger partial charge >= 0.3 is 0 Å². The van der Waals surface area contributed by atoms with Gasteiger partial charge in [-0.25, -0.2) is 0 Å². The molecule has 3 fully saturated rings. The lowest BCUT2D eigenvalue weighted by Gasteiger charge is -2.44. The van der Waals surface area contributed by atoms with E-state index >= 15 is 0 Å².